The van der Waals surface area contributed by atoms with Crippen LogP contribution in [0.4, 0.5) is 0 Å². The van der Waals surface area contributed by atoms with Gasteiger partial charge >= 0.3 is 0 Å². The lowest BCUT2D eigenvalue weighted by atomic mass is 10.3. The number of aromatic nitrogens is 4. The Bertz CT molecular complexity index is 877. The van der Waals surface area contributed by atoms with Gasteiger partial charge < -0.3 is 20.1 Å². The number of guanidine groups is 1. The summed E-state index contributed by atoms with van der Waals surface area (Å²) in [5.41, 5.74) is 1.83. The maximum Gasteiger partial charge on any atom is 0.213 e. The predicted molar refractivity (Wildman–Crippen MR) is 102 cm³/mol. The minimum Gasteiger partial charge on any atom is -0.475 e. The molecule has 0 aliphatic carbocycles. The Morgan fingerprint density at radius 3 is 2.78 bits per heavy atom. The molecule has 3 rings (SSSR count). The Balaban J connectivity index is 1.49. The Labute approximate surface area is 157 Å². The van der Waals surface area contributed by atoms with Gasteiger partial charge in [0.25, 0.3) is 0 Å². The largest absolute Gasteiger partial charge is 0.475 e. The van der Waals surface area contributed by atoms with Crippen molar-refractivity contribution in [2.45, 2.75) is 13.1 Å². The molecule has 0 bridgehead atoms. The predicted octanol–water partition coefficient (Wildman–Crippen LogP) is 1.01. The summed E-state index contributed by atoms with van der Waals surface area (Å²) in [4.78, 5) is 8.50. The molecule has 0 aliphatic rings. The van der Waals surface area contributed by atoms with E-state index in [0.29, 0.717) is 38.1 Å². The quantitative estimate of drug-likeness (QED) is 0.347. The summed E-state index contributed by atoms with van der Waals surface area (Å²) in [6.45, 7) is 2.12. The molecule has 27 heavy (non-hydrogen) atoms. The number of pyridine rings is 2. The van der Waals surface area contributed by atoms with Crippen LogP contribution in [0.15, 0.2) is 47.7 Å². The third-order valence-corrected chi connectivity index (χ3v) is 3.82. The molecule has 0 spiro atoms. The molecule has 3 aromatic rings. The van der Waals surface area contributed by atoms with Crippen molar-refractivity contribution in [1.82, 2.24) is 30.2 Å². The molecule has 3 heterocycles. The van der Waals surface area contributed by atoms with Crippen molar-refractivity contribution in [1.29, 1.82) is 0 Å². The zero-order chi connectivity index (χ0) is 18.9. The van der Waals surface area contributed by atoms with Crippen molar-refractivity contribution in [2.75, 3.05) is 27.4 Å². The Morgan fingerprint density at radius 2 is 2.00 bits per heavy atom. The summed E-state index contributed by atoms with van der Waals surface area (Å²) in [7, 11) is 3.36. The average Bonchev–Trinajstić information content (AvgIpc) is 3.13. The van der Waals surface area contributed by atoms with Crippen LogP contribution in [0.3, 0.4) is 0 Å². The molecular weight excluding hydrogens is 346 g/mol. The molecule has 2 N–H and O–H groups in total. The highest BCUT2D eigenvalue weighted by molar-refractivity contribution is 5.79. The molecule has 3 aromatic heterocycles. The van der Waals surface area contributed by atoms with Crippen molar-refractivity contribution in [3.63, 3.8) is 0 Å². The summed E-state index contributed by atoms with van der Waals surface area (Å²) in [6.07, 6.45) is 3.71. The molecule has 0 atom stereocenters. The minimum absolute atomic E-state index is 0.481. The van der Waals surface area contributed by atoms with E-state index >= 15 is 0 Å². The number of hydrogen-bond donors (Lipinski definition) is 2. The second kappa shape index (κ2) is 9.48. The molecule has 0 radical (unpaired) electrons. The molecule has 0 amide bonds. The standard InChI is InChI=1S/C18H23N7O2/c1-19-18(22-13-16-24-23-15-5-3-4-8-25(15)16)21-12-14-6-7-17(20-11-14)27-10-9-26-2/h3-8,11H,9-10,12-13H2,1-2H3,(H2,19,21,22). The molecular formula is C18H23N7O2. The van der Waals surface area contributed by atoms with Gasteiger partial charge in [-0.25, -0.2) is 4.98 Å². The molecule has 9 nitrogen and oxygen atoms in total. The van der Waals surface area contributed by atoms with E-state index in [4.69, 9.17) is 9.47 Å². The Kier molecular flexibility index (Phi) is 6.53. The number of nitrogens with one attached hydrogen (secondary N) is 2. The minimum atomic E-state index is 0.481. The van der Waals surface area contributed by atoms with E-state index in [1.165, 1.54) is 0 Å². The van der Waals surface area contributed by atoms with Gasteiger partial charge in [-0.2, -0.15) is 0 Å². The van der Waals surface area contributed by atoms with E-state index in [2.05, 4.69) is 30.8 Å². The fourth-order valence-electron chi connectivity index (χ4n) is 2.41. The molecule has 0 aliphatic heterocycles. The highest BCUT2D eigenvalue weighted by Gasteiger charge is 2.06. The summed E-state index contributed by atoms with van der Waals surface area (Å²) in [6, 6.07) is 9.60. The van der Waals surface area contributed by atoms with E-state index in [0.717, 1.165) is 17.0 Å². The zero-order valence-electron chi connectivity index (χ0n) is 15.4. The maximum atomic E-state index is 5.46. The Morgan fingerprint density at radius 1 is 1.11 bits per heavy atom. The summed E-state index contributed by atoms with van der Waals surface area (Å²) in [5.74, 6) is 2.06. The number of ether oxygens (including phenoxy) is 2. The first-order chi connectivity index (χ1) is 13.3. The van der Waals surface area contributed by atoms with Crippen LogP contribution < -0.4 is 15.4 Å². The van der Waals surface area contributed by atoms with E-state index in [1.54, 1.807) is 20.4 Å². The molecule has 0 fully saturated rings. The van der Waals surface area contributed by atoms with Crippen molar-refractivity contribution in [3.8, 4) is 5.88 Å². The molecule has 0 unspecified atom stereocenters. The van der Waals surface area contributed by atoms with Crippen LogP contribution in [0.25, 0.3) is 5.65 Å². The normalized spacial score (nSPS) is 11.6. The zero-order valence-corrected chi connectivity index (χ0v) is 15.4. The van der Waals surface area contributed by atoms with Crippen LogP contribution >= 0.6 is 0 Å². The first-order valence-electron chi connectivity index (χ1n) is 8.60. The number of rotatable bonds is 8. The summed E-state index contributed by atoms with van der Waals surface area (Å²) in [5, 5.41) is 14.8. The molecule has 142 valence electrons. The van der Waals surface area contributed by atoms with Crippen LogP contribution in [0.5, 0.6) is 5.88 Å². The van der Waals surface area contributed by atoms with E-state index < -0.39 is 0 Å². The number of methoxy groups -OCH3 is 1. The van der Waals surface area contributed by atoms with Gasteiger partial charge in [0.05, 0.1) is 13.2 Å². The van der Waals surface area contributed by atoms with Crippen molar-refractivity contribution in [3.05, 3.63) is 54.1 Å². The lowest BCUT2D eigenvalue weighted by Crippen LogP contribution is -2.36. The third kappa shape index (κ3) is 5.14. The second-order valence-corrected chi connectivity index (χ2v) is 5.67. The van der Waals surface area contributed by atoms with E-state index in [-0.39, 0.29) is 0 Å². The monoisotopic (exact) mass is 369 g/mol. The summed E-state index contributed by atoms with van der Waals surface area (Å²) < 4.78 is 12.3. The van der Waals surface area contributed by atoms with Crippen LogP contribution in [0.2, 0.25) is 0 Å². The van der Waals surface area contributed by atoms with Crippen LogP contribution in [-0.2, 0) is 17.8 Å². The highest BCUT2D eigenvalue weighted by Crippen LogP contribution is 2.07. The van der Waals surface area contributed by atoms with Crippen molar-refractivity contribution < 1.29 is 9.47 Å². The van der Waals surface area contributed by atoms with Gasteiger partial charge in [0.2, 0.25) is 5.88 Å². The van der Waals surface area contributed by atoms with Gasteiger partial charge in [-0.3, -0.25) is 9.39 Å². The third-order valence-electron chi connectivity index (χ3n) is 3.82. The van der Waals surface area contributed by atoms with E-state index in [9.17, 15) is 0 Å². The van der Waals surface area contributed by atoms with Crippen LogP contribution in [0, 0.1) is 0 Å². The first kappa shape index (κ1) is 18.6. The SMILES string of the molecule is CN=C(NCc1ccc(OCCOC)nc1)NCc1nnc2ccccn12. The Hall–Kier alpha value is -3.20. The fraction of sp³-hybridized carbons (Fsp3) is 0.333. The lowest BCUT2D eigenvalue weighted by Gasteiger charge is -2.11. The van der Waals surface area contributed by atoms with Gasteiger partial charge in [0, 0.05) is 39.2 Å². The van der Waals surface area contributed by atoms with Gasteiger partial charge in [-0.05, 0) is 17.7 Å². The van der Waals surface area contributed by atoms with Crippen molar-refractivity contribution in [2.24, 2.45) is 4.99 Å². The number of aliphatic imine (C=N–C) groups is 1. The highest BCUT2D eigenvalue weighted by atomic mass is 16.5. The number of nitrogens with zero attached hydrogens (tertiary/aromatic N) is 5. The van der Waals surface area contributed by atoms with Crippen LogP contribution in [0.1, 0.15) is 11.4 Å². The van der Waals surface area contributed by atoms with Gasteiger partial charge in [-0.15, -0.1) is 10.2 Å². The number of hydrogen-bond acceptors (Lipinski definition) is 6. The fourth-order valence-corrected chi connectivity index (χ4v) is 2.41. The lowest BCUT2D eigenvalue weighted by molar-refractivity contribution is 0.143. The smallest absolute Gasteiger partial charge is 0.213 e. The second-order valence-electron chi connectivity index (χ2n) is 5.67. The number of fused-ring (bicyclic) bond motifs is 1. The van der Waals surface area contributed by atoms with E-state index in [1.807, 2.05) is 40.9 Å². The van der Waals surface area contributed by atoms with Gasteiger partial charge in [0.15, 0.2) is 17.4 Å². The molecule has 0 saturated heterocycles. The first-order valence-corrected chi connectivity index (χ1v) is 8.60. The van der Waals surface area contributed by atoms with Crippen molar-refractivity contribution >= 4 is 11.6 Å². The van der Waals surface area contributed by atoms with Gasteiger partial charge in [-0.1, -0.05) is 12.1 Å². The molecule has 9 heteroatoms. The van der Waals surface area contributed by atoms with Gasteiger partial charge in [0.1, 0.15) is 6.61 Å². The molecule has 0 aromatic carbocycles. The average molecular weight is 369 g/mol. The summed E-state index contributed by atoms with van der Waals surface area (Å²) >= 11 is 0. The van der Waals surface area contributed by atoms with Crippen LogP contribution in [-0.4, -0.2) is 52.9 Å². The maximum absolute atomic E-state index is 5.46. The topological polar surface area (TPSA) is 98.0 Å². The molecule has 0 saturated carbocycles.